The van der Waals surface area contributed by atoms with Crippen molar-refractivity contribution in [1.82, 2.24) is 9.97 Å². The van der Waals surface area contributed by atoms with Gasteiger partial charge >= 0.3 is 0 Å². The number of aryl methyl sites for hydroxylation is 1. The third kappa shape index (κ3) is 2.59. The van der Waals surface area contributed by atoms with Crippen molar-refractivity contribution < 1.29 is 4.92 Å². The van der Waals surface area contributed by atoms with Crippen LogP contribution in [0.3, 0.4) is 0 Å². The number of hydrogen-bond donors (Lipinski definition) is 1. The molecule has 3 rings (SSSR count). The molecule has 1 heterocycles. The van der Waals surface area contributed by atoms with Gasteiger partial charge in [-0.25, -0.2) is 9.97 Å². The summed E-state index contributed by atoms with van der Waals surface area (Å²) in [5.41, 5.74) is 2.16. The topological polar surface area (TPSA) is 81.0 Å². The van der Waals surface area contributed by atoms with Gasteiger partial charge in [0.15, 0.2) is 0 Å². The first-order valence-electron chi connectivity index (χ1n) is 6.48. The van der Waals surface area contributed by atoms with E-state index in [9.17, 15) is 10.1 Å². The quantitative estimate of drug-likeness (QED) is 0.682. The Hall–Kier alpha value is -2.50. The van der Waals surface area contributed by atoms with E-state index in [1.807, 2.05) is 6.07 Å². The molecule has 0 spiro atoms. The lowest BCUT2D eigenvalue weighted by Crippen LogP contribution is -2.05. The normalized spacial score (nSPS) is 14.1. The zero-order valence-corrected chi connectivity index (χ0v) is 11.0. The van der Waals surface area contributed by atoms with Crippen LogP contribution in [0.2, 0.25) is 0 Å². The first kappa shape index (κ1) is 12.5. The van der Waals surface area contributed by atoms with E-state index >= 15 is 0 Å². The van der Waals surface area contributed by atoms with Gasteiger partial charge in [-0.1, -0.05) is 12.1 Å². The van der Waals surface area contributed by atoms with Gasteiger partial charge in [0.25, 0.3) is 5.69 Å². The Kier molecular flexibility index (Phi) is 3.06. The molecule has 0 unspecified atom stereocenters. The first-order chi connectivity index (χ1) is 9.63. The fraction of sp³-hybridized carbons (Fsp3) is 0.286. The van der Waals surface area contributed by atoms with Gasteiger partial charge in [0.1, 0.15) is 0 Å². The van der Waals surface area contributed by atoms with Crippen molar-refractivity contribution in [3.05, 3.63) is 46.1 Å². The third-order valence-electron chi connectivity index (χ3n) is 3.27. The van der Waals surface area contributed by atoms with E-state index < -0.39 is 0 Å². The highest BCUT2D eigenvalue weighted by Gasteiger charge is 2.22. The number of benzene rings is 1. The summed E-state index contributed by atoms with van der Waals surface area (Å²) in [6, 6.07) is 7.36. The highest BCUT2D eigenvalue weighted by molar-refractivity contribution is 5.64. The summed E-state index contributed by atoms with van der Waals surface area (Å²) in [5, 5.41) is 14.2. The molecular formula is C14H14N4O2. The maximum absolute atomic E-state index is 11.0. The smallest absolute Gasteiger partial charge is 0.272 e. The Morgan fingerprint density at radius 1 is 1.35 bits per heavy atom. The van der Waals surface area contributed by atoms with Gasteiger partial charge in [-0.05, 0) is 25.8 Å². The average molecular weight is 270 g/mol. The maximum atomic E-state index is 11.0. The van der Waals surface area contributed by atoms with Gasteiger partial charge in [-0.3, -0.25) is 10.1 Å². The van der Waals surface area contributed by atoms with Gasteiger partial charge < -0.3 is 5.32 Å². The van der Waals surface area contributed by atoms with E-state index in [1.165, 1.54) is 0 Å². The van der Waals surface area contributed by atoms with Gasteiger partial charge in [0.05, 0.1) is 10.6 Å². The molecule has 0 atom stereocenters. The van der Waals surface area contributed by atoms with E-state index in [-0.39, 0.29) is 10.6 Å². The molecule has 0 amide bonds. The minimum atomic E-state index is -0.372. The van der Waals surface area contributed by atoms with Crippen LogP contribution in [-0.2, 0) is 0 Å². The standard InChI is InChI=1S/C14H14N4O2/c1-9-2-3-10(8-13(9)18(19)20)12-6-7-15-14(17-12)16-11-4-5-11/h2-3,6-8,11H,4-5H2,1H3,(H,15,16,17). The van der Waals surface area contributed by atoms with Crippen molar-refractivity contribution in [1.29, 1.82) is 0 Å². The molecule has 6 heteroatoms. The summed E-state index contributed by atoms with van der Waals surface area (Å²) in [6.45, 7) is 1.72. The van der Waals surface area contributed by atoms with Gasteiger partial charge in [-0.2, -0.15) is 0 Å². The van der Waals surface area contributed by atoms with E-state index in [4.69, 9.17) is 0 Å². The molecule has 102 valence electrons. The summed E-state index contributed by atoms with van der Waals surface area (Å²) in [6.07, 6.45) is 3.95. The fourth-order valence-electron chi connectivity index (χ4n) is 1.96. The second kappa shape index (κ2) is 4.88. The fourth-order valence-corrected chi connectivity index (χ4v) is 1.96. The Balaban J connectivity index is 1.95. The molecule has 1 aliphatic rings. The van der Waals surface area contributed by atoms with Crippen LogP contribution in [0.25, 0.3) is 11.3 Å². The zero-order chi connectivity index (χ0) is 14.1. The first-order valence-corrected chi connectivity index (χ1v) is 6.48. The molecule has 1 aromatic heterocycles. The minimum absolute atomic E-state index is 0.109. The van der Waals surface area contributed by atoms with Gasteiger partial charge in [0.2, 0.25) is 5.95 Å². The molecule has 0 aliphatic heterocycles. The number of rotatable bonds is 4. The predicted molar refractivity (Wildman–Crippen MR) is 75.5 cm³/mol. The Labute approximate surface area is 116 Å². The molecule has 0 radical (unpaired) electrons. The van der Waals surface area contributed by atoms with E-state index in [2.05, 4.69) is 15.3 Å². The summed E-state index contributed by atoms with van der Waals surface area (Å²) in [7, 11) is 0. The lowest BCUT2D eigenvalue weighted by Gasteiger charge is -2.06. The van der Waals surface area contributed by atoms with Crippen molar-refractivity contribution in [3.63, 3.8) is 0 Å². The highest BCUT2D eigenvalue weighted by Crippen LogP contribution is 2.27. The van der Waals surface area contributed by atoms with Crippen molar-refractivity contribution >= 4 is 11.6 Å². The number of nitrogens with zero attached hydrogens (tertiary/aromatic N) is 3. The van der Waals surface area contributed by atoms with Crippen LogP contribution in [0.5, 0.6) is 0 Å². The minimum Gasteiger partial charge on any atom is -0.351 e. The van der Waals surface area contributed by atoms with Crippen molar-refractivity contribution in [2.75, 3.05) is 5.32 Å². The third-order valence-corrected chi connectivity index (χ3v) is 3.27. The summed E-state index contributed by atoms with van der Waals surface area (Å²) in [4.78, 5) is 19.2. The SMILES string of the molecule is Cc1ccc(-c2ccnc(NC3CC3)n2)cc1[N+](=O)[O-]. The van der Waals surface area contributed by atoms with Crippen LogP contribution in [0.1, 0.15) is 18.4 Å². The molecule has 1 N–H and O–H groups in total. The summed E-state index contributed by atoms with van der Waals surface area (Å²) < 4.78 is 0. The molecule has 0 saturated heterocycles. The second-order valence-electron chi connectivity index (χ2n) is 4.94. The monoisotopic (exact) mass is 270 g/mol. The highest BCUT2D eigenvalue weighted by atomic mass is 16.6. The van der Waals surface area contributed by atoms with Gasteiger partial charge in [-0.15, -0.1) is 0 Å². The van der Waals surface area contributed by atoms with E-state index in [1.54, 1.807) is 31.3 Å². The Bertz CT molecular complexity index is 668. The maximum Gasteiger partial charge on any atom is 0.272 e. The number of anilines is 1. The second-order valence-corrected chi connectivity index (χ2v) is 4.94. The predicted octanol–water partition coefficient (Wildman–Crippen LogP) is 2.93. The number of nitro groups is 1. The van der Waals surface area contributed by atoms with Crippen molar-refractivity contribution in [3.8, 4) is 11.3 Å². The van der Waals surface area contributed by atoms with Crippen LogP contribution in [0.4, 0.5) is 11.6 Å². The van der Waals surface area contributed by atoms with Crippen LogP contribution < -0.4 is 5.32 Å². The summed E-state index contributed by atoms with van der Waals surface area (Å²) >= 11 is 0. The lowest BCUT2D eigenvalue weighted by atomic mass is 10.1. The van der Waals surface area contributed by atoms with Crippen molar-refractivity contribution in [2.24, 2.45) is 0 Å². The van der Waals surface area contributed by atoms with Crippen LogP contribution in [0.15, 0.2) is 30.5 Å². The summed E-state index contributed by atoms with van der Waals surface area (Å²) in [5.74, 6) is 0.577. The number of nitrogens with one attached hydrogen (secondary N) is 1. The molecule has 1 saturated carbocycles. The van der Waals surface area contributed by atoms with Crippen molar-refractivity contribution in [2.45, 2.75) is 25.8 Å². The van der Waals surface area contributed by atoms with Crippen LogP contribution >= 0.6 is 0 Å². The largest absolute Gasteiger partial charge is 0.351 e. The Morgan fingerprint density at radius 3 is 2.85 bits per heavy atom. The van der Waals surface area contributed by atoms with Gasteiger partial charge in [0, 0.05) is 29.4 Å². The zero-order valence-electron chi connectivity index (χ0n) is 11.0. The molecule has 1 aromatic carbocycles. The molecule has 1 aliphatic carbocycles. The average Bonchev–Trinajstić information content (AvgIpc) is 3.23. The molecule has 6 nitrogen and oxygen atoms in total. The van der Waals surface area contributed by atoms with Crippen LogP contribution in [-0.4, -0.2) is 20.9 Å². The Morgan fingerprint density at radius 2 is 2.15 bits per heavy atom. The number of nitro benzene ring substituents is 1. The lowest BCUT2D eigenvalue weighted by molar-refractivity contribution is -0.385. The number of hydrogen-bond acceptors (Lipinski definition) is 5. The molecular weight excluding hydrogens is 256 g/mol. The molecule has 0 bridgehead atoms. The van der Waals surface area contributed by atoms with E-state index in [0.29, 0.717) is 23.2 Å². The molecule has 2 aromatic rings. The van der Waals surface area contributed by atoms with E-state index in [0.717, 1.165) is 18.4 Å². The molecule has 20 heavy (non-hydrogen) atoms. The molecule has 1 fully saturated rings. The van der Waals surface area contributed by atoms with Crippen LogP contribution in [0, 0.1) is 17.0 Å². The number of aromatic nitrogens is 2.